The lowest BCUT2D eigenvalue weighted by molar-refractivity contribution is 0.0376. The number of hydrogen-bond acceptors (Lipinski definition) is 4. The summed E-state index contributed by atoms with van der Waals surface area (Å²) in [5.41, 5.74) is 2.55. The molecule has 1 aromatic carbocycles. The van der Waals surface area contributed by atoms with Crippen LogP contribution in [0.5, 0.6) is 0 Å². The van der Waals surface area contributed by atoms with Crippen molar-refractivity contribution in [2.75, 3.05) is 31.1 Å². The minimum absolute atomic E-state index is 0.175. The van der Waals surface area contributed by atoms with E-state index in [1.165, 1.54) is 24.0 Å². The summed E-state index contributed by atoms with van der Waals surface area (Å²) in [6.45, 7) is 6.07. The number of piperazine rings is 1. The van der Waals surface area contributed by atoms with Gasteiger partial charge in [-0.3, -0.25) is 9.80 Å². The summed E-state index contributed by atoms with van der Waals surface area (Å²) < 4.78 is 24.5. The largest absolute Gasteiger partial charge is 0.296 e. The summed E-state index contributed by atoms with van der Waals surface area (Å²) in [7, 11) is -2.89. The highest BCUT2D eigenvalue weighted by atomic mass is 32.2. The van der Waals surface area contributed by atoms with Gasteiger partial charge in [0, 0.05) is 38.3 Å². The Morgan fingerprint density at radius 1 is 1.00 bits per heavy atom. The maximum Gasteiger partial charge on any atom is 0.153 e. The molecule has 126 valence electrons. The average Bonchev–Trinajstić information content (AvgIpc) is 3.25. The number of benzene rings is 1. The molecular formula is C18H26N2O2S. The van der Waals surface area contributed by atoms with Crippen LogP contribution in [0.1, 0.15) is 24.0 Å². The van der Waals surface area contributed by atoms with Crippen LogP contribution in [-0.2, 0) is 16.4 Å². The predicted molar refractivity (Wildman–Crippen MR) is 92.1 cm³/mol. The lowest BCUT2D eigenvalue weighted by atomic mass is 10.0. The van der Waals surface area contributed by atoms with E-state index in [2.05, 4.69) is 41.0 Å². The molecule has 2 atom stereocenters. The first-order chi connectivity index (χ1) is 11.0. The molecule has 0 N–H and O–H groups in total. The molecule has 2 heterocycles. The number of hydrogen-bond donors (Lipinski definition) is 0. The summed E-state index contributed by atoms with van der Waals surface area (Å²) in [6.07, 6.45) is 2.65. The topological polar surface area (TPSA) is 40.6 Å². The van der Waals surface area contributed by atoms with Gasteiger partial charge in [-0.05, 0) is 31.2 Å². The zero-order valence-corrected chi connectivity index (χ0v) is 14.6. The first-order valence-electron chi connectivity index (χ1n) is 8.74. The van der Waals surface area contributed by atoms with Crippen LogP contribution in [0.15, 0.2) is 24.3 Å². The third-order valence-corrected chi connectivity index (χ3v) is 7.30. The van der Waals surface area contributed by atoms with Gasteiger partial charge in [-0.2, -0.15) is 0 Å². The van der Waals surface area contributed by atoms with E-state index in [1.54, 1.807) is 0 Å². The molecule has 0 spiro atoms. The predicted octanol–water partition coefficient (Wildman–Crippen LogP) is 1.69. The molecule has 1 saturated carbocycles. The molecule has 4 nitrogen and oxygen atoms in total. The SMILES string of the molecule is Cc1ccc(CN2CCN(CC3CC3)[C@@H]3CS(=O)(=O)C[C@@H]32)cc1. The van der Waals surface area contributed by atoms with E-state index in [4.69, 9.17) is 0 Å². The number of aryl methyl sites for hydroxylation is 1. The molecule has 5 heteroatoms. The molecule has 2 saturated heterocycles. The van der Waals surface area contributed by atoms with Gasteiger partial charge in [-0.1, -0.05) is 29.8 Å². The Balaban J connectivity index is 1.51. The third kappa shape index (κ3) is 3.47. The Hall–Kier alpha value is -0.910. The van der Waals surface area contributed by atoms with Crippen LogP contribution in [0, 0.1) is 12.8 Å². The summed E-state index contributed by atoms with van der Waals surface area (Å²) in [4.78, 5) is 4.88. The zero-order valence-electron chi connectivity index (χ0n) is 13.8. The van der Waals surface area contributed by atoms with Crippen LogP contribution in [0.25, 0.3) is 0 Å². The van der Waals surface area contributed by atoms with Crippen molar-refractivity contribution in [2.45, 2.75) is 38.4 Å². The summed E-state index contributed by atoms with van der Waals surface area (Å²) in [6, 6.07) is 9.01. The Bertz CT molecular complexity index is 667. The molecule has 3 aliphatic rings. The molecule has 0 radical (unpaired) electrons. The van der Waals surface area contributed by atoms with Gasteiger partial charge >= 0.3 is 0 Å². The normalized spacial score (nSPS) is 31.2. The highest BCUT2D eigenvalue weighted by molar-refractivity contribution is 7.91. The number of rotatable bonds is 4. The van der Waals surface area contributed by atoms with Crippen molar-refractivity contribution < 1.29 is 8.42 Å². The van der Waals surface area contributed by atoms with Crippen LogP contribution in [0.2, 0.25) is 0 Å². The van der Waals surface area contributed by atoms with Crippen LogP contribution < -0.4 is 0 Å². The Morgan fingerprint density at radius 2 is 1.61 bits per heavy atom. The van der Waals surface area contributed by atoms with Crippen molar-refractivity contribution >= 4 is 9.84 Å². The fourth-order valence-electron chi connectivity index (χ4n) is 4.08. The van der Waals surface area contributed by atoms with Crippen molar-refractivity contribution in [3.05, 3.63) is 35.4 Å². The highest BCUT2D eigenvalue weighted by Gasteiger charge is 2.47. The van der Waals surface area contributed by atoms with Crippen molar-refractivity contribution in [3.8, 4) is 0 Å². The quantitative estimate of drug-likeness (QED) is 0.840. The first kappa shape index (κ1) is 15.6. The van der Waals surface area contributed by atoms with Crippen molar-refractivity contribution in [1.82, 2.24) is 9.80 Å². The monoisotopic (exact) mass is 334 g/mol. The second kappa shape index (κ2) is 5.87. The molecule has 0 aromatic heterocycles. The second-order valence-electron chi connectivity index (χ2n) is 7.61. The molecule has 0 bridgehead atoms. The zero-order chi connectivity index (χ0) is 16.0. The number of sulfone groups is 1. The van der Waals surface area contributed by atoms with Gasteiger partial charge in [0.05, 0.1) is 11.5 Å². The molecule has 2 aliphatic heterocycles. The number of nitrogens with zero attached hydrogens (tertiary/aromatic N) is 2. The van der Waals surface area contributed by atoms with Gasteiger partial charge in [-0.25, -0.2) is 8.42 Å². The molecular weight excluding hydrogens is 308 g/mol. The first-order valence-corrected chi connectivity index (χ1v) is 10.6. The maximum atomic E-state index is 12.2. The van der Waals surface area contributed by atoms with E-state index in [-0.39, 0.29) is 12.1 Å². The lowest BCUT2D eigenvalue weighted by Crippen LogP contribution is -2.59. The van der Waals surface area contributed by atoms with Crippen molar-refractivity contribution in [1.29, 1.82) is 0 Å². The smallest absolute Gasteiger partial charge is 0.153 e. The molecule has 3 fully saturated rings. The van der Waals surface area contributed by atoms with Crippen molar-refractivity contribution in [2.24, 2.45) is 5.92 Å². The fourth-order valence-corrected chi connectivity index (χ4v) is 6.12. The lowest BCUT2D eigenvalue weighted by Gasteiger charge is -2.44. The summed E-state index contributed by atoms with van der Waals surface area (Å²) >= 11 is 0. The van der Waals surface area contributed by atoms with E-state index in [0.717, 1.165) is 32.1 Å². The van der Waals surface area contributed by atoms with Crippen LogP contribution >= 0.6 is 0 Å². The molecule has 23 heavy (non-hydrogen) atoms. The maximum absolute atomic E-state index is 12.2. The van der Waals surface area contributed by atoms with E-state index in [9.17, 15) is 8.42 Å². The van der Waals surface area contributed by atoms with Gasteiger partial charge in [0.25, 0.3) is 0 Å². The van der Waals surface area contributed by atoms with Gasteiger partial charge in [0.15, 0.2) is 9.84 Å². The van der Waals surface area contributed by atoms with Crippen LogP contribution in [0.4, 0.5) is 0 Å². The third-order valence-electron chi connectivity index (χ3n) is 5.60. The van der Waals surface area contributed by atoms with Crippen LogP contribution in [0.3, 0.4) is 0 Å². The minimum Gasteiger partial charge on any atom is -0.296 e. The Kier molecular flexibility index (Phi) is 3.98. The number of fused-ring (bicyclic) bond motifs is 1. The van der Waals surface area contributed by atoms with E-state index < -0.39 is 9.84 Å². The molecule has 1 aliphatic carbocycles. The summed E-state index contributed by atoms with van der Waals surface area (Å²) in [5.74, 6) is 1.52. The van der Waals surface area contributed by atoms with Gasteiger partial charge in [0.2, 0.25) is 0 Å². The molecule has 1 aromatic rings. The molecule has 4 rings (SSSR count). The van der Waals surface area contributed by atoms with E-state index >= 15 is 0 Å². The second-order valence-corrected chi connectivity index (χ2v) is 9.76. The van der Waals surface area contributed by atoms with E-state index in [0.29, 0.717) is 11.5 Å². The average molecular weight is 334 g/mol. The van der Waals surface area contributed by atoms with Crippen LogP contribution in [-0.4, -0.2) is 61.4 Å². The van der Waals surface area contributed by atoms with Gasteiger partial charge in [-0.15, -0.1) is 0 Å². The Labute approximate surface area is 139 Å². The fraction of sp³-hybridized carbons (Fsp3) is 0.667. The molecule has 0 unspecified atom stereocenters. The molecule has 0 amide bonds. The van der Waals surface area contributed by atoms with Gasteiger partial charge in [0.1, 0.15) is 0 Å². The standard InChI is InChI=1S/C18H26N2O2S/c1-14-2-4-15(5-3-14)10-19-8-9-20(11-16-6-7-16)18-13-23(21,22)12-17(18)19/h2-5,16-18H,6-13H2,1H3/t17-,18+/m0/s1. The van der Waals surface area contributed by atoms with Gasteiger partial charge < -0.3 is 0 Å². The Morgan fingerprint density at radius 3 is 2.26 bits per heavy atom. The van der Waals surface area contributed by atoms with Crippen molar-refractivity contribution in [3.63, 3.8) is 0 Å². The van der Waals surface area contributed by atoms with E-state index in [1.807, 2.05) is 0 Å². The summed E-state index contributed by atoms with van der Waals surface area (Å²) in [5, 5.41) is 0. The minimum atomic E-state index is -2.89. The highest BCUT2D eigenvalue weighted by Crippen LogP contribution is 2.34.